The average molecular weight is 338 g/mol. The minimum Gasteiger partial charge on any atom is -0.337 e. The fourth-order valence-electron chi connectivity index (χ4n) is 4.64. The van der Waals surface area contributed by atoms with Gasteiger partial charge in [-0.1, -0.05) is 37.3 Å². The third kappa shape index (κ3) is 2.76. The van der Waals surface area contributed by atoms with E-state index in [-0.39, 0.29) is 11.3 Å². The van der Waals surface area contributed by atoms with Crippen LogP contribution in [0.25, 0.3) is 0 Å². The van der Waals surface area contributed by atoms with Gasteiger partial charge in [0.05, 0.1) is 0 Å². The van der Waals surface area contributed by atoms with Crippen molar-refractivity contribution in [3.63, 3.8) is 0 Å². The molecule has 2 aliphatic heterocycles. The molecule has 3 heterocycles. The second-order valence-corrected chi connectivity index (χ2v) is 7.48. The van der Waals surface area contributed by atoms with E-state index in [0.29, 0.717) is 11.6 Å². The summed E-state index contributed by atoms with van der Waals surface area (Å²) in [5.74, 6) is 0.536. The van der Waals surface area contributed by atoms with Gasteiger partial charge in [0.2, 0.25) is 0 Å². The Balaban J connectivity index is 1.60. The monoisotopic (exact) mass is 338 g/mol. The molecule has 0 spiro atoms. The maximum absolute atomic E-state index is 12.8. The van der Waals surface area contributed by atoms with E-state index in [4.69, 9.17) is 0 Å². The van der Waals surface area contributed by atoms with Crippen LogP contribution in [0.3, 0.4) is 0 Å². The minimum atomic E-state index is 0.0564. The van der Waals surface area contributed by atoms with Crippen molar-refractivity contribution in [3.8, 4) is 0 Å². The van der Waals surface area contributed by atoms with Crippen LogP contribution in [0.15, 0.2) is 36.4 Å². The molecule has 1 N–H and O–H groups in total. The van der Waals surface area contributed by atoms with Gasteiger partial charge in [-0.25, -0.2) is 0 Å². The van der Waals surface area contributed by atoms with Crippen molar-refractivity contribution in [2.24, 2.45) is 5.92 Å². The van der Waals surface area contributed by atoms with Crippen LogP contribution in [0.5, 0.6) is 0 Å². The first-order chi connectivity index (χ1) is 12.1. The molecule has 0 radical (unpaired) electrons. The number of fused-ring (bicyclic) bond motifs is 1. The van der Waals surface area contributed by atoms with Gasteiger partial charge >= 0.3 is 0 Å². The zero-order valence-electron chi connectivity index (χ0n) is 15.0. The molecular weight excluding hydrogens is 312 g/mol. The van der Waals surface area contributed by atoms with Crippen molar-refractivity contribution in [2.75, 3.05) is 32.7 Å². The Morgan fingerprint density at radius 1 is 1.32 bits per heavy atom. The lowest BCUT2D eigenvalue weighted by Gasteiger charge is -2.44. The summed E-state index contributed by atoms with van der Waals surface area (Å²) in [6, 6.07) is 12.7. The van der Waals surface area contributed by atoms with Crippen LogP contribution in [0, 0.1) is 12.8 Å². The summed E-state index contributed by atoms with van der Waals surface area (Å²) in [6.45, 7) is 9.00. The van der Waals surface area contributed by atoms with Gasteiger partial charge in [-0.05, 0) is 31.5 Å². The molecule has 4 rings (SSSR count). The fraction of sp³-hybridized carbons (Fsp3) is 0.500. The predicted octanol–water partition coefficient (Wildman–Crippen LogP) is 2.45. The Labute approximate surface area is 149 Å². The first-order valence-electron chi connectivity index (χ1n) is 9.21. The zero-order chi connectivity index (χ0) is 17.4. The number of nitrogens with one attached hydrogen (secondary N) is 1. The number of rotatable bonds is 3. The molecule has 1 aromatic heterocycles. The number of piperidine rings is 1. The highest BCUT2D eigenvalue weighted by Crippen LogP contribution is 2.45. The molecule has 0 unspecified atom stereocenters. The van der Waals surface area contributed by atoms with Gasteiger partial charge in [0.1, 0.15) is 5.69 Å². The average Bonchev–Trinajstić information content (AvgIpc) is 3.25. The van der Waals surface area contributed by atoms with Gasteiger partial charge in [0.15, 0.2) is 0 Å². The molecule has 0 saturated carbocycles. The van der Waals surface area contributed by atoms with E-state index in [1.165, 1.54) is 5.56 Å². The van der Waals surface area contributed by atoms with Gasteiger partial charge in [-0.2, -0.15) is 5.10 Å². The molecule has 2 fully saturated rings. The van der Waals surface area contributed by atoms with E-state index < -0.39 is 0 Å². The summed E-state index contributed by atoms with van der Waals surface area (Å²) in [7, 11) is 0. The highest BCUT2D eigenvalue weighted by atomic mass is 16.2. The first kappa shape index (κ1) is 16.3. The topological polar surface area (TPSA) is 52.2 Å². The van der Waals surface area contributed by atoms with Crippen molar-refractivity contribution in [1.29, 1.82) is 0 Å². The van der Waals surface area contributed by atoms with Gasteiger partial charge in [-0.15, -0.1) is 0 Å². The molecular formula is C20H26N4O. The molecule has 5 nitrogen and oxygen atoms in total. The first-order valence-corrected chi connectivity index (χ1v) is 9.21. The molecule has 25 heavy (non-hydrogen) atoms. The Kier molecular flexibility index (Phi) is 4.12. The minimum absolute atomic E-state index is 0.0564. The molecule has 2 aromatic rings. The van der Waals surface area contributed by atoms with Crippen LogP contribution in [0.2, 0.25) is 0 Å². The van der Waals surface area contributed by atoms with Crippen molar-refractivity contribution >= 4 is 5.91 Å². The molecule has 0 bridgehead atoms. The SMILES string of the molecule is CCN1C[C@@H]2CN(C(=O)c3cc(C)[nH]n3)CC[C@]2(c2ccccc2)C1. The highest BCUT2D eigenvalue weighted by Gasteiger charge is 2.50. The van der Waals surface area contributed by atoms with Crippen LogP contribution in [0.4, 0.5) is 0 Å². The van der Waals surface area contributed by atoms with Gasteiger partial charge in [0, 0.05) is 43.2 Å². The highest BCUT2D eigenvalue weighted by molar-refractivity contribution is 5.92. The number of H-pyrrole nitrogens is 1. The molecule has 1 aromatic carbocycles. The van der Waals surface area contributed by atoms with Crippen LogP contribution >= 0.6 is 0 Å². The Morgan fingerprint density at radius 2 is 2.12 bits per heavy atom. The van der Waals surface area contributed by atoms with E-state index in [0.717, 1.165) is 44.8 Å². The number of aryl methyl sites for hydroxylation is 1. The lowest BCUT2D eigenvalue weighted by atomic mass is 9.68. The number of aromatic amines is 1. The number of nitrogens with zero attached hydrogens (tertiary/aromatic N) is 3. The van der Waals surface area contributed by atoms with Crippen LogP contribution < -0.4 is 0 Å². The molecule has 2 atom stereocenters. The number of hydrogen-bond donors (Lipinski definition) is 1. The van der Waals surface area contributed by atoms with Gasteiger partial charge < -0.3 is 9.80 Å². The van der Waals surface area contributed by atoms with E-state index in [1.54, 1.807) is 0 Å². The standard InChI is InChI=1S/C20H26N4O/c1-3-23-12-17-13-24(19(25)18-11-15(2)21-22-18)10-9-20(17,14-23)16-7-5-4-6-8-16/h4-8,11,17H,3,9-10,12-14H2,1-2H3,(H,21,22)/t17-,20-/m1/s1. The second kappa shape index (κ2) is 6.30. The molecule has 5 heteroatoms. The largest absolute Gasteiger partial charge is 0.337 e. The Bertz CT molecular complexity index is 756. The van der Waals surface area contributed by atoms with Crippen molar-refractivity contribution in [2.45, 2.75) is 25.7 Å². The van der Waals surface area contributed by atoms with Crippen LogP contribution in [-0.4, -0.2) is 58.6 Å². The number of carbonyl (C=O) groups excluding carboxylic acids is 1. The lowest BCUT2D eigenvalue weighted by Crippen LogP contribution is -2.51. The number of likely N-dealkylation sites (N-methyl/N-ethyl adjacent to an activating group) is 1. The third-order valence-corrected chi connectivity index (χ3v) is 6.04. The lowest BCUT2D eigenvalue weighted by molar-refractivity contribution is 0.0597. The number of hydrogen-bond acceptors (Lipinski definition) is 3. The number of likely N-dealkylation sites (tertiary alicyclic amines) is 2. The normalized spacial score (nSPS) is 26.6. The molecule has 1 amide bonds. The van der Waals surface area contributed by atoms with Crippen LogP contribution in [0.1, 0.15) is 35.1 Å². The maximum Gasteiger partial charge on any atom is 0.274 e. The molecule has 2 aliphatic rings. The van der Waals surface area contributed by atoms with E-state index in [1.807, 2.05) is 17.9 Å². The summed E-state index contributed by atoms with van der Waals surface area (Å²) in [4.78, 5) is 17.4. The fourth-order valence-corrected chi connectivity index (χ4v) is 4.64. The number of carbonyl (C=O) groups is 1. The summed E-state index contributed by atoms with van der Waals surface area (Å²) in [5.41, 5.74) is 3.07. The molecule has 0 aliphatic carbocycles. The molecule has 132 valence electrons. The summed E-state index contributed by atoms with van der Waals surface area (Å²) in [5, 5.41) is 7.04. The maximum atomic E-state index is 12.8. The van der Waals surface area contributed by atoms with Gasteiger partial charge in [-0.3, -0.25) is 9.89 Å². The predicted molar refractivity (Wildman–Crippen MR) is 97.6 cm³/mol. The summed E-state index contributed by atoms with van der Waals surface area (Å²) >= 11 is 0. The summed E-state index contributed by atoms with van der Waals surface area (Å²) < 4.78 is 0. The number of aromatic nitrogens is 2. The number of amides is 1. The van der Waals surface area contributed by atoms with E-state index >= 15 is 0 Å². The smallest absolute Gasteiger partial charge is 0.274 e. The molecule has 2 saturated heterocycles. The zero-order valence-corrected chi connectivity index (χ0v) is 15.0. The van der Waals surface area contributed by atoms with Crippen molar-refractivity contribution in [1.82, 2.24) is 20.0 Å². The third-order valence-electron chi connectivity index (χ3n) is 6.04. The van der Waals surface area contributed by atoms with Crippen molar-refractivity contribution < 1.29 is 4.79 Å². The van der Waals surface area contributed by atoms with E-state index in [9.17, 15) is 4.79 Å². The Morgan fingerprint density at radius 3 is 2.80 bits per heavy atom. The Hall–Kier alpha value is -2.14. The van der Waals surface area contributed by atoms with Crippen molar-refractivity contribution in [3.05, 3.63) is 53.3 Å². The number of benzene rings is 1. The van der Waals surface area contributed by atoms with Gasteiger partial charge in [0.25, 0.3) is 5.91 Å². The second-order valence-electron chi connectivity index (χ2n) is 7.48. The quantitative estimate of drug-likeness (QED) is 0.935. The van der Waals surface area contributed by atoms with Crippen LogP contribution in [-0.2, 0) is 5.41 Å². The van der Waals surface area contributed by atoms with E-state index in [2.05, 4.69) is 52.4 Å². The summed E-state index contributed by atoms with van der Waals surface area (Å²) in [6.07, 6.45) is 1.02.